The quantitative estimate of drug-likeness (QED) is 0.506. The summed E-state index contributed by atoms with van der Waals surface area (Å²) in [4.78, 5) is 9.93. The van der Waals surface area contributed by atoms with Gasteiger partial charge in [-0.3, -0.25) is 4.79 Å². The van der Waals surface area contributed by atoms with Crippen LogP contribution >= 0.6 is 27.5 Å². The molecule has 0 fully saturated rings. The van der Waals surface area contributed by atoms with Crippen molar-refractivity contribution in [3.8, 4) is 11.8 Å². The normalized spacial score (nSPS) is 8.50. The number of hydrogen-bond acceptors (Lipinski definition) is 1. The van der Waals surface area contributed by atoms with E-state index in [1.54, 1.807) is 18.2 Å². The van der Waals surface area contributed by atoms with E-state index < -0.39 is 0 Å². The predicted octanol–water partition coefficient (Wildman–Crippen LogP) is 2.65. The molecule has 1 nitrogen and oxygen atoms in total. The maximum Gasteiger partial charge on any atom is 0.193 e. The van der Waals surface area contributed by atoms with Crippen LogP contribution < -0.4 is 0 Å². The average molecular weight is 243 g/mol. The molecular formula is C9H4BrClO. The first-order valence-electron chi connectivity index (χ1n) is 3.13. The van der Waals surface area contributed by atoms with Gasteiger partial charge in [-0.15, -0.1) is 0 Å². The highest BCUT2D eigenvalue weighted by atomic mass is 79.9. The molecule has 0 aliphatic heterocycles. The number of benzene rings is 1. The van der Waals surface area contributed by atoms with Crippen molar-refractivity contribution >= 4 is 33.8 Å². The molecular weight excluding hydrogens is 239 g/mol. The van der Waals surface area contributed by atoms with Crippen molar-refractivity contribution < 1.29 is 4.79 Å². The smallest absolute Gasteiger partial charge is 0.193 e. The van der Waals surface area contributed by atoms with E-state index >= 15 is 0 Å². The van der Waals surface area contributed by atoms with Gasteiger partial charge in [0.1, 0.15) is 0 Å². The number of aldehydes is 1. The van der Waals surface area contributed by atoms with Gasteiger partial charge in [0.05, 0.1) is 0 Å². The Labute approximate surface area is 83.9 Å². The van der Waals surface area contributed by atoms with Crippen LogP contribution in [0.4, 0.5) is 0 Å². The SMILES string of the molecule is O=CC#Cc1cc(Cl)cc(Br)c1. The minimum absolute atomic E-state index is 0.550. The summed E-state index contributed by atoms with van der Waals surface area (Å²) in [6.07, 6.45) is 0.550. The Kier molecular flexibility index (Phi) is 3.33. The van der Waals surface area contributed by atoms with E-state index in [4.69, 9.17) is 11.6 Å². The first kappa shape index (κ1) is 9.31. The topological polar surface area (TPSA) is 17.1 Å². The lowest BCUT2D eigenvalue weighted by atomic mass is 10.2. The van der Waals surface area contributed by atoms with Crippen molar-refractivity contribution in [2.45, 2.75) is 0 Å². The van der Waals surface area contributed by atoms with Crippen LogP contribution in [0.15, 0.2) is 22.7 Å². The lowest BCUT2D eigenvalue weighted by Gasteiger charge is -1.93. The minimum Gasteiger partial charge on any atom is -0.289 e. The maximum absolute atomic E-state index is 9.93. The van der Waals surface area contributed by atoms with Crippen LogP contribution in [0.25, 0.3) is 0 Å². The molecule has 1 rings (SSSR count). The van der Waals surface area contributed by atoms with Crippen LogP contribution in [0.1, 0.15) is 5.56 Å². The Morgan fingerprint density at radius 3 is 2.75 bits per heavy atom. The third-order valence-corrected chi connectivity index (χ3v) is 1.81. The second kappa shape index (κ2) is 4.30. The van der Waals surface area contributed by atoms with Crippen LogP contribution in [0.2, 0.25) is 5.02 Å². The summed E-state index contributed by atoms with van der Waals surface area (Å²) in [5.41, 5.74) is 0.724. The van der Waals surface area contributed by atoms with Crippen molar-refractivity contribution in [1.82, 2.24) is 0 Å². The Bertz CT molecular complexity index is 342. The van der Waals surface area contributed by atoms with Crippen molar-refractivity contribution in [3.05, 3.63) is 33.3 Å². The third-order valence-electron chi connectivity index (χ3n) is 1.14. The second-order valence-corrected chi connectivity index (χ2v) is 3.40. The molecule has 0 aliphatic carbocycles. The van der Waals surface area contributed by atoms with Crippen LogP contribution in [-0.2, 0) is 4.79 Å². The molecule has 0 spiro atoms. The zero-order valence-electron chi connectivity index (χ0n) is 5.97. The fourth-order valence-electron chi connectivity index (χ4n) is 0.739. The Morgan fingerprint density at radius 1 is 1.42 bits per heavy atom. The van der Waals surface area contributed by atoms with Gasteiger partial charge in [-0.05, 0) is 24.1 Å². The molecule has 0 N–H and O–H groups in total. The molecule has 0 aliphatic rings. The lowest BCUT2D eigenvalue weighted by molar-refractivity contribution is -0.103. The molecule has 0 saturated heterocycles. The van der Waals surface area contributed by atoms with Crippen LogP contribution in [-0.4, -0.2) is 6.29 Å². The van der Waals surface area contributed by atoms with Crippen LogP contribution in [0.5, 0.6) is 0 Å². The standard InChI is InChI=1S/C9H4BrClO/c10-8-4-7(2-1-3-12)5-9(11)6-8/h3-6H. The first-order chi connectivity index (χ1) is 5.72. The summed E-state index contributed by atoms with van der Waals surface area (Å²) in [7, 11) is 0. The summed E-state index contributed by atoms with van der Waals surface area (Å²) in [5, 5.41) is 0.597. The predicted molar refractivity (Wildman–Crippen MR) is 52.1 cm³/mol. The highest BCUT2D eigenvalue weighted by Gasteiger charge is 1.93. The molecule has 0 saturated carbocycles. The van der Waals surface area contributed by atoms with E-state index in [1.165, 1.54) is 0 Å². The number of rotatable bonds is 0. The Hall–Kier alpha value is -0.780. The van der Waals surface area contributed by atoms with Gasteiger partial charge in [0.15, 0.2) is 6.29 Å². The lowest BCUT2D eigenvalue weighted by Crippen LogP contribution is -1.75. The Morgan fingerprint density at radius 2 is 2.17 bits per heavy atom. The molecule has 60 valence electrons. The van der Waals surface area contributed by atoms with Gasteiger partial charge < -0.3 is 0 Å². The molecule has 1 aromatic carbocycles. The summed E-state index contributed by atoms with van der Waals surface area (Å²) in [6.45, 7) is 0. The summed E-state index contributed by atoms with van der Waals surface area (Å²) in [5.74, 6) is 4.95. The van der Waals surface area contributed by atoms with E-state index in [9.17, 15) is 4.79 Å². The van der Waals surface area contributed by atoms with Crippen molar-refractivity contribution in [2.75, 3.05) is 0 Å². The van der Waals surface area contributed by atoms with Crippen molar-refractivity contribution in [1.29, 1.82) is 0 Å². The average Bonchev–Trinajstić information content (AvgIpc) is 1.99. The zero-order chi connectivity index (χ0) is 8.97. The molecule has 0 heterocycles. The zero-order valence-corrected chi connectivity index (χ0v) is 8.32. The fraction of sp³-hybridized carbons (Fsp3) is 0. The molecule has 0 amide bonds. The maximum atomic E-state index is 9.93. The number of carbonyl (C=O) groups is 1. The molecule has 0 bridgehead atoms. The van der Waals surface area contributed by atoms with Crippen molar-refractivity contribution in [3.63, 3.8) is 0 Å². The van der Waals surface area contributed by atoms with Gasteiger partial charge >= 0.3 is 0 Å². The van der Waals surface area contributed by atoms with E-state index in [1.807, 2.05) is 0 Å². The molecule has 0 aromatic heterocycles. The van der Waals surface area contributed by atoms with Gasteiger partial charge in [0.2, 0.25) is 0 Å². The molecule has 12 heavy (non-hydrogen) atoms. The van der Waals surface area contributed by atoms with Gasteiger partial charge in [0, 0.05) is 15.1 Å². The van der Waals surface area contributed by atoms with Crippen LogP contribution in [0.3, 0.4) is 0 Å². The fourth-order valence-corrected chi connectivity index (χ4v) is 1.60. The van der Waals surface area contributed by atoms with Crippen LogP contribution in [0, 0.1) is 11.8 Å². The molecule has 1 aromatic rings. The molecule has 3 heteroatoms. The molecule has 0 radical (unpaired) electrons. The number of hydrogen-bond donors (Lipinski definition) is 0. The molecule has 0 unspecified atom stereocenters. The summed E-state index contributed by atoms with van der Waals surface area (Å²) in [6, 6.07) is 5.25. The Balaban J connectivity index is 3.08. The van der Waals surface area contributed by atoms with Gasteiger partial charge in [0.25, 0.3) is 0 Å². The summed E-state index contributed by atoms with van der Waals surface area (Å²) < 4.78 is 0.852. The second-order valence-electron chi connectivity index (χ2n) is 2.05. The van der Waals surface area contributed by atoms with Crippen molar-refractivity contribution in [2.24, 2.45) is 0 Å². The minimum atomic E-state index is 0.550. The largest absolute Gasteiger partial charge is 0.289 e. The highest BCUT2D eigenvalue weighted by Crippen LogP contribution is 2.18. The van der Waals surface area contributed by atoms with Gasteiger partial charge in [-0.1, -0.05) is 33.5 Å². The number of halogens is 2. The number of carbonyl (C=O) groups excluding carboxylic acids is 1. The van der Waals surface area contributed by atoms with E-state index in [2.05, 4.69) is 27.8 Å². The van der Waals surface area contributed by atoms with Gasteiger partial charge in [-0.2, -0.15) is 0 Å². The van der Waals surface area contributed by atoms with E-state index in [0.717, 1.165) is 10.0 Å². The third kappa shape index (κ3) is 2.69. The van der Waals surface area contributed by atoms with E-state index in [0.29, 0.717) is 11.3 Å². The van der Waals surface area contributed by atoms with E-state index in [-0.39, 0.29) is 0 Å². The molecule has 0 atom stereocenters. The highest BCUT2D eigenvalue weighted by molar-refractivity contribution is 9.10. The monoisotopic (exact) mass is 242 g/mol. The van der Waals surface area contributed by atoms with Gasteiger partial charge in [-0.25, -0.2) is 0 Å². The summed E-state index contributed by atoms with van der Waals surface area (Å²) >= 11 is 9.01. The first-order valence-corrected chi connectivity index (χ1v) is 4.31.